The van der Waals surface area contributed by atoms with Crippen molar-refractivity contribution >= 4 is 0 Å². The van der Waals surface area contributed by atoms with Gasteiger partial charge in [0.1, 0.15) is 11.6 Å². The highest BCUT2D eigenvalue weighted by Gasteiger charge is 2.30. The summed E-state index contributed by atoms with van der Waals surface area (Å²) in [7, 11) is 0. The second-order valence-corrected chi connectivity index (χ2v) is 4.30. The van der Waals surface area contributed by atoms with E-state index in [1.165, 1.54) is 0 Å². The first-order valence-electron chi connectivity index (χ1n) is 6.01. The van der Waals surface area contributed by atoms with E-state index in [0.717, 1.165) is 37.6 Å². The molecular formula is C11H20N4O. The van der Waals surface area contributed by atoms with Crippen molar-refractivity contribution in [2.24, 2.45) is 5.73 Å². The third-order valence-corrected chi connectivity index (χ3v) is 3.19. The molecule has 0 spiro atoms. The predicted molar refractivity (Wildman–Crippen MR) is 61.0 cm³/mol. The fraction of sp³-hybridized carbons (Fsp3) is 0.818. The van der Waals surface area contributed by atoms with Crippen LogP contribution in [0.25, 0.3) is 0 Å². The largest absolute Gasteiger partial charge is 0.378 e. The van der Waals surface area contributed by atoms with Crippen molar-refractivity contribution in [1.82, 2.24) is 14.8 Å². The monoisotopic (exact) mass is 224 g/mol. The highest BCUT2D eigenvalue weighted by atomic mass is 16.5. The van der Waals surface area contributed by atoms with Gasteiger partial charge >= 0.3 is 0 Å². The summed E-state index contributed by atoms with van der Waals surface area (Å²) in [6, 6.07) is 0. The summed E-state index contributed by atoms with van der Waals surface area (Å²) in [6.07, 6.45) is 2.35. The van der Waals surface area contributed by atoms with Crippen LogP contribution >= 0.6 is 0 Å². The first-order chi connectivity index (χ1) is 7.77. The lowest BCUT2D eigenvalue weighted by atomic mass is 10.0. The van der Waals surface area contributed by atoms with E-state index in [-0.39, 0.29) is 6.10 Å². The second-order valence-electron chi connectivity index (χ2n) is 4.30. The minimum absolute atomic E-state index is 0.241. The van der Waals surface area contributed by atoms with Crippen molar-refractivity contribution in [3.05, 3.63) is 11.6 Å². The molecule has 90 valence electrons. The van der Waals surface area contributed by atoms with Crippen molar-refractivity contribution in [2.45, 2.75) is 51.8 Å². The number of aromatic nitrogens is 3. The Balaban J connectivity index is 2.28. The second kappa shape index (κ2) is 4.93. The molecule has 1 aliphatic rings. The highest BCUT2D eigenvalue weighted by molar-refractivity contribution is 5.06. The molecule has 2 rings (SSSR count). The van der Waals surface area contributed by atoms with Crippen molar-refractivity contribution < 1.29 is 4.74 Å². The van der Waals surface area contributed by atoms with Crippen LogP contribution in [-0.4, -0.2) is 27.5 Å². The smallest absolute Gasteiger partial charge is 0.146 e. The third-order valence-electron chi connectivity index (χ3n) is 3.19. The Kier molecular flexibility index (Phi) is 3.56. The Morgan fingerprint density at radius 3 is 2.88 bits per heavy atom. The minimum Gasteiger partial charge on any atom is -0.378 e. The molecule has 1 saturated heterocycles. The van der Waals surface area contributed by atoms with E-state index in [1.807, 2.05) is 0 Å². The molecule has 2 atom stereocenters. The van der Waals surface area contributed by atoms with Gasteiger partial charge in [-0.15, -0.1) is 10.2 Å². The Hall–Kier alpha value is -0.940. The van der Waals surface area contributed by atoms with Gasteiger partial charge in [0.05, 0.1) is 12.6 Å². The van der Waals surface area contributed by atoms with Gasteiger partial charge in [-0.05, 0) is 19.8 Å². The summed E-state index contributed by atoms with van der Waals surface area (Å²) >= 11 is 0. The zero-order valence-corrected chi connectivity index (χ0v) is 10.0. The van der Waals surface area contributed by atoms with Crippen LogP contribution in [0.5, 0.6) is 0 Å². The summed E-state index contributed by atoms with van der Waals surface area (Å²) in [5.41, 5.74) is 5.67. The average molecular weight is 224 g/mol. The fourth-order valence-corrected chi connectivity index (χ4v) is 2.31. The lowest BCUT2D eigenvalue weighted by Gasteiger charge is -2.15. The molecule has 0 aromatic carbocycles. The van der Waals surface area contributed by atoms with E-state index in [2.05, 4.69) is 28.6 Å². The number of nitrogens with two attached hydrogens (primary N) is 1. The summed E-state index contributed by atoms with van der Waals surface area (Å²) in [5, 5.41) is 8.46. The minimum atomic E-state index is 0.241. The van der Waals surface area contributed by atoms with E-state index in [1.54, 1.807) is 0 Å². The summed E-state index contributed by atoms with van der Waals surface area (Å²) in [4.78, 5) is 0. The molecule has 0 saturated carbocycles. The lowest BCUT2D eigenvalue weighted by molar-refractivity contribution is 0.116. The Morgan fingerprint density at radius 2 is 2.31 bits per heavy atom. The van der Waals surface area contributed by atoms with Gasteiger partial charge < -0.3 is 15.0 Å². The molecule has 0 bridgehead atoms. The number of ether oxygens (including phenoxy) is 1. The summed E-state index contributed by atoms with van der Waals surface area (Å²) in [5.74, 6) is 2.31. The number of nitrogens with zero attached hydrogens (tertiary/aromatic N) is 3. The lowest BCUT2D eigenvalue weighted by Crippen LogP contribution is -2.17. The van der Waals surface area contributed by atoms with Crippen molar-refractivity contribution in [3.8, 4) is 0 Å². The molecule has 2 N–H and O–H groups in total. The zero-order valence-electron chi connectivity index (χ0n) is 10.0. The van der Waals surface area contributed by atoms with Gasteiger partial charge in [-0.25, -0.2) is 0 Å². The van der Waals surface area contributed by atoms with Crippen LogP contribution < -0.4 is 5.73 Å². The average Bonchev–Trinajstić information content (AvgIpc) is 2.85. The van der Waals surface area contributed by atoms with Gasteiger partial charge in [-0.2, -0.15) is 0 Å². The molecule has 1 aromatic rings. The van der Waals surface area contributed by atoms with Gasteiger partial charge in [0, 0.05) is 19.1 Å². The normalized spacial score (nSPS) is 25.2. The van der Waals surface area contributed by atoms with E-state index in [9.17, 15) is 0 Å². The van der Waals surface area contributed by atoms with Crippen LogP contribution in [0.1, 0.15) is 44.3 Å². The number of rotatable bonds is 4. The molecule has 16 heavy (non-hydrogen) atoms. The standard InChI is InChI=1S/C11H20N4O/c1-3-5-15-10(7-12)13-14-11(15)9-4-6-16-8(9)2/h8-9H,3-7,12H2,1-2H3. The maximum atomic E-state index is 5.67. The third kappa shape index (κ3) is 1.97. The maximum absolute atomic E-state index is 5.67. The van der Waals surface area contributed by atoms with Gasteiger partial charge in [0.25, 0.3) is 0 Å². The summed E-state index contributed by atoms with van der Waals surface area (Å²) < 4.78 is 7.75. The molecule has 5 nitrogen and oxygen atoms in total. The van der Waals surface area contributed by atoms with Crippen LogP contribution in [0.4, 0.5) is 0 Å². The SMILES string of the molecule is CCCn1c(CN)nnc1C1CCOC1C. The Labute approximate surface area is 96.0 Å². The van der Waals surface area contributed by atoms with E-state index in [0.29, 0.717) is 12.5 Å². The van der Waals surface area contributed by atoms with Crippen LogP contribution in [0.15, 0.2) is 0 Å². The van der Waals surface area contributed by atoms with Gasteiger partial charge in [0.15, 0.2) is 0 Å². The maximum Gasteiger partial charge on any atom is 0.146 e. The first-order valence-corrected chi connectivity index (χ1v) is 6.01. The predicted octanol–water partition coefficient (Wildman–Crippen LogP) is 1.04. The number of hydrogen-bond donors (Lipinski definition) is 1. The molecule has 0 amide bonds. The fourth-order valence-electron chi connectivity index (χ4n) is 2.31. The van der Waals surface area contributed by atoms with Crippen molar-refractivity contribution in [1.29, 1.82) is 0 Å². The summed E-state index contributed by atoms with van der Waals surface area (Å²) in [6.45, 7) is 6.47. The van der Waals surface area contributed by atoms with Gasteiger partial charge in [-0.1, -0.05) is 6.92 Å². The topological polar surface area (TPSA) is 66.0 Å². The molecular weight excluding hydrogens is 204 g/mol. The first kappa shape index (κ1) is 11.5. The van der Waals surface area contributed by atoms with E-state index < -0.39 is 0 Å². The zero-order chi connectivity index (χ0) is 11.5. The van der Waals surface area contributed by atoms with Gasteiger partial charge in [-0.3, -0.25) is 0 Å². The molecule has 0 aliphatic carbocycles. The molecule has 5 heteroatoms. The van der Waals surface area contributed by atoms with Crippen molar-refractivity contribution in [3.63, 3.8) is 0 Å². The molecule has 2 unspecified atom stereocenters. The number of hydrogen-bond acceptors (Lipinski definition) is 4. The van der Waals surface area contributed by atoms with E-state index >= 15 is 0 Å². The highest BCUT2D eigenvalue weighted by Crippen LogP contribution is 2.30. The molecule has 1 fully saturated rings. The Bertz CT molecular complexity index is 350. The van der Waals surface area contributed by atoms with Crippen LogP contribution in [0.3, 0.4) is 0 Å². The van der Waals surface area contributed by atoms with Gasteiger partial charge in [0.2, 0.25) is 0 Å². The van der Waals surface area contributed by atoms with E-state index in [4.69, 9.17) is 10.5 Å². The molecule has 0 radical (unpaired) electrons. The Morgan fingerprint density at radius 1 is 1.50 bits per heavy atom. The molecule has 1 aromatic heterocycles. The quantitative estimate of drug-likeness (QED) is 0.829. The van der Waals surface area contributed by atoms with Crippen molar-refractivity contribution in [2.75, 3.05) is 6.61 Å². The van der Waals surface area contributed by atoms with Crippen LogP contribution in [0.2, 0.25) is 0 Å². The molecule has 2 heterocycles. The van der Waals surface area contributed by atoms with Crippen LogP contribution in [-0.2, 0) is 17.8 Å². The molecule has 1 aliphatic heterocycles. The van der Waals surface area contributed by atoms with Crippen LogP contribution in [0, 0.1) is 0 Å².